The molecule has 1 heterocycles. The van der Waals surface area contributed by atoms with Gasteiger partial charge >= 0.3 is 0 Å². The Balaban J connectivity index is 2.68. The highest BCUT2D eigenvalue weighted by molar-refractivity contribution is 6.42. The Morgan fingerprint density at radius 3 is 2.24 bits per heavy atom. The van der Waals surface area contributed by atoms with Crippen LogP contribution in [0.3, 0.4) is 0 Å². The van der Waals surface area contributed by atoms with Gasteiger partial charge in [0.2, 0.25) is 5.43 Å². The molecule has 0 bridgehead atoms. The van der Waals surface area contributed by atoms with E-state index in [1.54, 1.807) is 24.3 Å². The number of aromatic nitrogens is 1. The Morgan fingerprint density at radius 1 is 1.06 bits per heavy atom. The van der Waals surface area contributed by atoms with Crippen LogP contribution in [0.25, 0.3) is 5.69 Å². The summed E-state index contributed by atoms with van der Waals surface area (Å²) in [5, 5.41) is 0.0260. The predicted octanol–water partition coefficient (Wildman–Crippen LogP) is 3.38. The van der Waals surface area contributed by atoms with Gasteiger partial charge in [-0.25, -0.2) is 0 Å². The highest BCUT2D eigenvalue weighted by atomic mass is 35.5. The predicted molar refractivity (Wildman–Crippen MR) is 71.5 cm³/mol. The van der Waals surface area contributed by atoms with Gasteiger partial charge < -0.3 is 10.3 Å². The zero-order valence-electron chi connectivity index (χ0n) is 8.45. The van der Waals surface area contributed by atoms with Crippen LogP contribution in [0.15, 0.2) is 35.3 Å². The molecule has 2 rings (SSSR count). The molecule has 0 unspecified atom stereocenters. The van der Waals surface area contributed by atoms with Crippen molar-refractivity contribution in [3.05, 3.63) is 55.9 Å². The molecule has 0 amide bonds. The minimum absolute atomic E-state index is 0.0104. The number of benzene rings is 1. The first-order valence-corrected chi connectivity index (χ1v) is 5.76. The number of rotatable bonds is 1. The van der Waals surface area contributed by atoms with Crippen molar-refractivity contribution >= 4 is 40.5 Å². The summed E-state index contributed by atoms with van der Waals surface area (Å²) < 4.78 is 1.52. The normalized spacial score (nSPS) is 10.5. The van der Waals surface area contributed by atoms with Gasteiger partial charge in [0, 0.05) is 17.6 Å². The number of hydrogen-bond donors (Lipinski definition) is 1. The minimum Gasteiger partial charge on any atom is -0.399 e. The topological polar surface area (TPSA) is 48.0 Å². The van der Waals surface area contributed by atoms with Gasteiger partial charge in [-0.3, -0.25) is 4.79 Å². The summed E-state index contributed by atoms with van der Waals surface area (Å²) in [5.41, 5.74) is 6.44. The standard InChI is InChI=1S/C11H7Cl3N2O/c12-8-5-16(11(14)9(13)10(8)17)7-3-1-6(15)2-4-7/h1-5H,15H2. The van der Waals surface area contributed by atoms with Crippen LogP contribution in [0.2, 0.25) is 15.2 Å². The Kier molecular flexibility index (Phi) is 3.33. The maximum Gasteiger partial charge on any atom is 0.220 e. The molecule has 0 aliphatic heterocycles. The second-order valence-electron chi connectivity index (χ2n) is 3.37. The second kappa shape index (κ2) is 4.61. The van der Waals surface area contributed by atoms with Crippen LogP contribution in [0.1, 0.15) is 0 Å². The molecule has 1 aromatic heterocycles. The largest absolute Gasteiger partial charge is 0.399 e. The quantitative estimate of drug-likeness (QED) is 0.646. The summed E-state index contributed by atoms with van der Waals surface area (Å²) in [6.45, 7) is 0. The van der Waals surface area contributed by atoms with Crippen LogP contribution in [0.4, 0.5) is 5.69 Å². The molecule has 0 saturated heterocycles. The fourth-order valence-corrected chi connectivity index (χ4v) is 2.02. The van der Waals surface area contributed by atoms with Crippen molar-refractivity contribution in [2.75, 3.05) is 5.73 Å². The van der Waals surface area contributed by atoms with Gasteiger partial charge in [0.1, 0.15) is 15.2 Å². The van der Waals surface area contributed by atoms with E-state index in [9.17, 15) is 4.79 Å². The molecule has 0 saturated carbocycles. The molecule has 17 heavy (non-hydrogen) atoms. The van der Waals surface area contributed by atoms with E-state index in [1.165, 1.54) is 10.8 Å². The molecule has 0 fully saturated rings. The van der Waals surface area contributed by atoms with Crippen LogP contribution >= 0.6 is 34.8 Å². The third-order valence-corrected chi connectivity index (χ3v) is 3.31. The number of pyridine rings is 1. The van der Waals surface area contributed by atoms with Gasteiger partial charge in [-0.1, -0.05) is 34.8 Å². The lowest BCUT2D eigenvalue weighted by molar-refractivity contribution is 1.04. The van der Waals surface area contributed by atoms with E-state index in [-0.39, 0.29) is 15.2 Å². The van der Waals surface area contributed by atoms with E-state index in [2.05, 4.69) is 0 Å². The first-order valence-electron chi connectivity index (χ1n) is 4.63. The summed E-state index contributed by atoms with van der Waals surface area (Å²) in [7, 11) is 0. The maximum atomic E-state index is 11.4. The molecule has 2 aromatic rings. The summed E-state index contributed by atoms with van der Waals surface area (Å²) in [4.78, 5) is 11.4. The lowest BCUT2D eigenvalue weighted by atomic mass is 10.3. The van der Waals surface area contributed by atoms with Gasteiger partial charge in [0.15, 0.2) is 0 Å². The summed E-state index contributed by atoms with van der Waals surface area (Å²) in [5.74, 6) is 0. The van der Waals surface area contributed by atoms with Crippen molar-refractivity contribution in [3.8, 4) is 5.69 Å². The first-order chi connectivity index (χ1) is 8.00. The van der Waals surface area contributed by atoms with Crippen LogP contribution < -0.4 is 11.2 Å². The number of nitrogen functional groups attached to an aromatic ring is 1. The summed E-state index contributed by atoms with van der Waals surface area (Å²) in [6.07, 6.45) is 1.42. The number of halogens is 3. The van der Waals surface area contributed by atoms with E-state index in [0.29, 0.717) is 11.4 Å². The smallest absolute Gasteiger partial charge is 0.220 e. The van der Waals surface area contributed by atoms with Crippen molar-refractivity contribution in [2.45, 2.75) is 0 Å². The SMILES string of the molecule is Nc1ccc(-n2cc(Cl)c(=O)c(Cl)c2Cl)cc1. The summed E-state index contributed by atoms with van der Waals surface area (Å²) >= 11 is 17.6. The fraction of sp³-hybridized carbons (Fsp3) is 0. The molecule has 0 atom stereocenters. The van der Waals surface area contributed by atoms with Gasteiger partial charge in [0.25, 0.3) is 0 Å². The average molecular weight is 290 g/mol. The van der Waals surface area contributed by atoms with Gasteiger partial charge in [-0.15, -0.1) is 0 Å². The molecule has 3 nitrogen and oxygen atoms in total. The van der Waals surface area contributed by atoms with Crippen molar-refractivity contribution in [1.82, 2.24) is 4.57 Å². The molecule has 2 N–H and O–H groups in total. The fourth-order valence-electron chi connectivity index (χ4n) is 1.36. The molecule has 1 aromatic carbocycles. The first kappa shape index (κ1) is 12.3. The van der Waals surface area contributed by atoms with E-state index < -0.39 is 5.43 Å². The zero-order valence-corrected chi connectivity index (χ0v) is 10.7. The van der Waals surface area contributed by atoms with Crippen molar-refractivity contribution in [3.63, 3.8) is 0 Å². The van der Waals surface area contributed by atoms with Crippen molar-refractivity contribution in [2.24, 2.45) is 0 Å². The number of anilines is 1. The molecule has 0 aliphatic carbocycles. The molecular formula is C11H7Cl3N2O. The van der Waals surface area contributed by atoms with Gasteiger partial charge in [-0.2, -0.15) is 0 Å². The number of hydrogen-bond acceptors (Lipinski definition) is 2. The van der Waals surface area contributed by atoms with Gasteiger partial charge in [0.05, 0.1) is 0 Å². The molecule has 0 radical (unpaired) electrons. The van der Waals surface area contributed by atoms with E-state index in [1.807, 2.05) is 0 Å². The van der Waals surface area contributed by atoms with Crippen LogP contribution in [-0.4, -0.2) is 4.57 Å². The van der Waals surface area contributed by atoms with Crippen LogP contribution in [0, 0.1) is 0 Å². The maximum absolute atomic E-state index is 11.4. The third-order valence-electron chi connectivity index (χ3n) is 2.22. The monoisotopic (exact) mass is 288 g/mol. The lowest BCUT2D eigenvalue weighted by Crippen LogP contribution is -2.09. The molecule has 0 aliphatic rings. The number of nitrogens with zero attached hydrogens (tertiary/aromatic N) is 1. The third kappa shape index (κ3) is 2.27. The average Bonchev–Trinajstić information content (AvgIpc) is 2.32. The van der Waals surface area contributed by atoms with E-state index in [4.69, 9.17) is 40.5 Å². The Morgan fingerprint density at radius 2 is 1.65 bits per heavy atom. The summed E-state index contributed by atoms with van der Waals surface area (Å²) in [6, 6.07) is 6.92. The highest BCUT2D eigenvalue weighted by Crippen LogP contribution is 2.24. The van der Waals surface area contributed by atoms with Crippen molar-refractivity contribution in [1.29, 1.82) is 0 Å². The highest BCUT2D eigenvalue weighted by Gasteiger charge is 2.12. The Hall–Kier alpha value is -1.16. The zero-order chi connectivity index (χ0) is 12.6. The van der Waals surface area contributed by atoms with Crippen molar-refractivity contribution < 1.29 is 0 Å². The number of nitrogens with two attached hydrogens (primary N) is 1. The lowest BCUT2D eigenvalue weighted by Gasteiger charge is -2.11. The molecule has 0 spiro atoms. The van der Waals surface area contributed by atoms with Gasteiger partial charge in [-0.05, 0) is 24.3 Å². The molecule has 88 valence electrons. The van der Waals surface area contributed by atoms with E-state index >= 15 is 0 Å². The van der Waals surface area contributed by atoms with Crippen LogP contribution in [0.5, 0.6) is 0 Å². The molecule has 6 heteroatoms. The Bertz CT molecular complexity index is 620. The Labute approximate surface area is 112 Å². The molecular weight excluding hydrogens is 282 g/mol. The van der Waals surface area contributed by atoms with E-state index in [0.717, 1.165) is 0 Å². The minimum atomic E-state index is -0.481. The second-order valence-corrected chi connectivity index (χ2v) is 4.52. The van der Waals surface area contributed by atoms with Crippen LogP contribution in [-0.2, 0) is 0 Å².